The van der Waals surface area contributed by atoms with E-state index in [1.54, 1.807) is 19.2 Å². The highest BCUT2D eigenvalue weighted by Crippen LogP contribution is 2.40. The van der Waals surface area contributed by atoms with Gasteiger partial charge in [-0.15, -0.1) is 5.23 Å². The van der Waals surface area contributed by atoms with Gasteiger partial charge in [0.15, 0.2) is 0 Å². The third-order valence-electron chi connectivity index (χ3n) is 4.76. The minimum atomic E-state index is -3.86. The molecule has 2 aromatic rings. The lowest BCUT2D eigenvalue weighted by Crippen LogP contribution is -2.20. The Kier molecular flexibility index (Phi) is 6.52. The number of amides is 1. The smallest absolute Gasteiger partial charge is 0.238 e. The Morgan fingerprint density at radius 2 is 1.77 bits per heavy atom. The average molecular weight is 435 g/mol. The average Bonchev–Trinajstić information content (AvgIpc) is 3.04. The van der Waals surface area contributed by atoms with E-state index in [-0.39, 0.29) is 17.2 Å². The summed E-state index contributed by atoms with van der Waals surface area (Å²) in [7, 11) is -2.31. The standard InChI is InChI=1S/C20H22FN3O5S/c1-23-18(25)4-2-3-17-19(13-7-11-16(12-8-13)30(22,27)28)20(24(26)29-17)14-5-9-15(21)10-6-14/h5-12,17,26H,2-4H2,1H3,(H,23,25)(H2,22,27,28). The number of halogens is 1. The van der Waals surface area contributed by atoms with Crippen molar-refractivity contribution >= 4 is 27.2 Å². The largest absolute Gasteiger partial charge is 0.359 e. The quantitative estimate of drug-likeness (QED) is 0.613. The number of nitrogens with two attached hydrogens (primary N) is 1. The highest BCUT2D eigenvalue weighted by molar-refractivity contribution is 7.89. The molecule has 8 nitrogen and oxygen atoms in total. The van der Waals surface area contributed by atoms with E-state index in [0.29, 0.717) is 40.5 Å². The number of nitrogens with zero attached hydrogens (tertiary/aromatic N) is 1. The molecule has 0 bridgehead atoms. The molecule has 1 aliphatic rings. The van der Waals surface area contributed by atoms with Gasteiger partial charge in [0, 0.05) is 24.6 Å². The molecular weight excluding hydrogens is 413 g/mol. The van der Waals surface area contributed by atoms with Crippen molar-refractivity contribution in [3.05, 3.63) is 65.5 Å². The second-order valence-electron chi connectivity index (χ2n) is 6.77. The minimum absolute atomic E-state index is 0.0499. The molecule has 10 heteroatoms. The molecule has 1 aliphatic heterocycles. The summed E-state index contributed by atoms with van der Waals surface area (Å²) in [4.78, 5) is 17.1. The van der Waals surface area contributed by atoms with E-state index in [9.17, 15) is 22.8 Å². The Morgan fingerprint density at radius 3 is 2.33 bits per heavy atom. The van der Waals surface area contributed by atoms with Gasteiger partial charge in [0.05, 0.1) is 4.90 Å². The maximum absolute atomic E-state index is 13.4. The van der Waals surface area contributed by atoms with Gasteiger partial charge in [0.25, 0.3) is 0 Å². The van der Waals surface area contributed by atoms with Crippen LogP contribution in [0, 0.1) is 5.82 Å². The maximum atomic E-state index is 13.4. The first-order valence-electron chi connectivity index (χ1n) is 9.20. The van der Waals surface area contributed by atoms with Gasteiger partial charge in [-0.25, -0.2) is 22.8 Å². The van der Waals surface area contributed by atoms with Crippen molar-refractivity contribution in [1.82, 2.24) is 10.5 Å². The fourth-order valence-electron chi connectivity index (χ4n) is 3.27. The molecule has 0 aromatic heterocycles. The molecule has 1 heterocycles. The molecule has 30 heavy (non-hydrogen) atoms. The van der Waals surface area contributed by atoms with Gasteiger partial charge >= 0.3 is 0 Å². The third kappa shape index (κ3) is 4.85. The van der Waals surface area contributed by atoms with E-state index < -0.39 is 21.9 Å². The number of primary sulfonamides is 1. The van der Waals surface area contributed by atoms with Gasteiger partial charge in [-0.2, -0.15) is 0 Å². The van der Waals surface area contributed by atoms with Crippen LogP contribution in [-0.2, 0) is 19.7 Å². The molecule has 3 rings (SSSR count). The van der Waals surface area contributed by atoms with Crippen molar-refractivity contribution in [2.24, 2.45) is 5.14 Å². The van der Waals surface area contributed by atoms with Gasteiger partial charge in [0.2, 0.25) is 15.9 Å². The van der Waals surface area contributed by atoms with Crippen LogP contribution < -0.4 is 10.5 Å². The second-order valence-corrected chi connectivity index (χ2v) is 8.33. The lowest BCUT2D eigenvalue weighted by atomic mass is 9.93. The lowest BCUT2D eigenvalue weighted by molar-refractivity contribution is -0.297. The molecule has 0 radical (unpaired) electrons. The van der Waals surface area contributed by atoms with Crippen LogP contribution in [0.2, 0.25) is 0 Å². The van der Waals surface area contributed by atoms with Crippen LogP contribution in [0.25, 0.3) is 11.3 Å². The van der Waals surface area contributed by atoms with Crippen LogP contribution in [0.5, 0.6) is 0 Å². The fourth-order valence-corrected chi connectivity index (χ4v) is 3.79. The minimum Gasteiger partial charge on any atom is -0.359 e. The molecule has 0 spiro atoms. The van der Waals surface area contributed by atoms with E-state index in [4.69, 9.17) is 9.98 Å². The molecule has 1 amide bonds. The fraction of sp³-hybridized carbons (Fsp3) is 0.250. The second kappa shape index (κ2) is 8.92. The Hall–Kier alpha value is -2.79. The van der Waals surface area contributed by atoms with Crippen molar-refractivity contribution in [1.29, 1.82) is 0 Å². The first-order valence-corrected chi connectivity index (χ1v) is 10.7. The van der Waals surface area contributed by atoms with Crippen molar-refractivity contribution in [2.75, 3.05) is 7.05 Å². The zero-order chi connectivity index (χ0) is 21.9. The number of benzene rings is 2. The molecule has 160 valence electrons. The number of carbonyl (C=O) groups excluding carboxylic acids is 1. The van der Waals surface area contributed by atoms with Crippen molar-refractivity contribution in [3.8, 4) is 0 Å². The Morgan fingerprint density at radius 1 is 1.17 bits per heavy atom. The number of hydroxylamine groups is 2. The number of nitrogens with one attached hydrogen (secondary N) is 1. The number of rotatable bonds is 7. The van der Waals surface area contributed by atoms with E-state index in [1.165, 1.54) is 36.4 Å². The van der Waals surface area contributed by atoms with Crippen LogP contribution in [-0.4, -0.2) is 37.9 Å². The Balaban J connectivity index is 2.02. The summed E-state index contributed by atoms with van der Waals surface area (Å²) in [6.07, 6.45) is 0.598. The van der Waals surface area contributed by atoms with Crippen molar-refractivity contribution in [2.45, 2.75) is 30.3 Å². The summed E-state index contributed by atoms with van der Waals surface area (Å²) in [5, 5.41) is 18.8. The highest BCUT2D eigenvalue weighted by Gasteiger charge is 2.34. The Labute approximate surface area is 173 Å². The van der Waals surface area contributed by atoms with Crippen molar-refractivity contribution < 1.29 is 27.6 Å². The molecule has 1 unspecified atom stereocenters. The van der Waals surface area contributed by atoms with Gasteiger partial charge in [-0.05, 0) is 54.8 Å². The summed E-state index contributed by atoms with van der Waals surface area (Å²) in [5.74, 6) is -0.542. The van der Waals surface area contributed by atoms with Crippen LogP contribution in [0.4, 0.5) is 4.39 Å². The summed E-state index contributed by atoms with van der Waals surface area (Å²) in [6, 6.07) is 11.4. The van der Waals surface area contributed by atoms with Gasteiger partial charge in [-0.3, -0.25) is 10.0 Å². The summed E-state index contributed by atoms with van der Waals surface area (Å²) in [5.41, 5.74) is 2.01. The number of sulfonamides is 1. The van der Waals surface area contributed by atoms with E-state index in [2.05, 4.69) is 5.32 Å². The number of carbonyl (C=O) groups is 1. The molecule has 0 fully saturated rings. The lowest BCUT2D eigenvalue weighted by Gasteiger charge is -2.14. The van der Waals surface area contributed by atoms with E-state index >= 15 is 0 Å². The van der Waals surface area contributed by atoms with Gasteiger partial charge in [-0.1, -0.05) is 12.1 Å². The van der Waals surface area contributed by atoms with Crippen molar-refractivity contribution in [3.63, 3.8) is 0 Å². The first-order chi connectivity index (χ1) is 14.2. The predicted molar refractivity (Wildman–Crippen MR) is 107 cm³/mol. The molecule has 2 aromatic carbocycles. The summed E-state index contributed by atoms with van der Waals surface area (Å²) in [6.45, 7) is 0. The summed E-state index contributed by atoms with van der Waals surface area (Å²) < 4.78 is 36.5. The van der Waals surface area contributed by atoms with Gasteiger partial charge in [0.1, 0.15) is 17.6 Å². The normalized spacial score (nSPS) is 16.8. The van der Waals surface area contributed by atoms with Crippen LogP contribution in [0.3, 0.4) is 0 Å². The number of hydrogen-bond donors (Lipinski definition) is 3. The molecule has 0 aliphatic carbocycles. The summed E-state index contributed by atoms with van der Waals surface area (Å²) >= 11 is 0. The van der Waals surface area contributed by atoms with Crippen LogP contribution in [0.1, 0.15) is 30.4 Å². The van der Waals surface area contributed by atoms with E-state index in [0.717, 1.165) is 0 Å². The number of hydrogen-bond acceptors (Lipinski definition) is 6. The third-order valence-corrected chi connectivity index (χ3v) is 5.69. The Bertz CT molecular complexity index is 1050. The first kappa shape index (κ1) is 21.9. The van der Waals surface area contributed by atoms with E-state index in [1.807, 2.05) is 0 Å². The SMILES string of the molecule is CNC(=O)CCCC1ON(O)C(c2ccc(F)cc2)=C1c1ccc(S(N)(=O)=O)cc1. The van der Waals surface area contributed by atoms with Crippen LogP contribution >= 0.6 is 0 Å². The predicted octanol–water partition coefficient (Wildman–Crippen LogP) is 2.26. The topological polar surface area (TPSA) is 122 Å². The molecule has 0 saturated carbocycles. The monoisotopic (exact) mass is 435 g/mol. The molecule has 1 atom stereocenters. The molecule has 0 saturated heterocycles. The van der Waals surface area contributed by atoms with Crippen LogP contribution in [0.15, 0.2) is 53.4 Å². The van der Waals surface area contributed by atoms with Gasteiger partial charge < -0.3 is 5.32 Å². The zero-order valence-corrected chi connectivity index (χ0v) is 17.0. The maximum Gasteiger partial charge on any atom is 0.238 e. The molecular formula is C20H22FN3O5S. The zero-order valence-electron chi connectivity index (χ0n) is 16.2. The molecule has 4 N–H and O–H groups in total. The highest BCUT2D eigenvalue weighted by atomic mass is 32.2.